The lowest BCUT2D eigenvalue weighted by atomic mass is 10.2. The SMILES string of the molecule is Cc1nn(Cc2ccccc2)c(Cl)c1/C=N\NC(=O)Cn1nnc2ccccc21. The fourth-order valence-corrected chi connectivity index (χ4v) is 3.23. The van der Waals surface area contributed by atoms with Crippen molar-refractivity contribution in [1.82, 2.24) is 30.2 Å². The molecule has 1 amide bonds. The summed E-state index contributed by atoms with van der Waals surface area (Å²) in [5.41, 5.74) is 6.49. The van der Waals surface area contributed by atoms with Gasteiger partial charge in [-0.15, -0.1) is 5.10 Å². The number of fused-ring (bicyclic) bond motifs is 1. The van der Waals surface area contributed by atoms with Gasteiger partial charge in [-0.2, -0.15) is 10.2 Å². The summed E-state index contributed by atoms with van der Waals surface area (Å²) in [5.74, 6) is -0.317. The van der Waals surface area contributed by atoms with Crippen LogP contribution >= 0.6 is 11.6 Å². The van der Waals surface area contributed by atoms with Crippen LogP contribution in [0.2, 0.25) is 5.15 Å². The summed E-state index contributed by atoms with van der Waals surface area (Å²) in [6.07, 6.45) is 1.50. The van der Waals surface area contributed by atoms with Crippen LogP contribution in [0.15, 0.2) is 59.7 Å². The third kappa shape index (κ3) is 4.17. The molecule has 4 aromatic rings. The predicted molar refractivity (Wildman–Crippen MR) is 111 cm³/mol. The van der Waals surface area contributed by atoms with Crippen LogP contribution in [-0.2, 0) is 17.9 Å². The predicted octanol–water partition coefficient (Wildman–Crippen LogP) is 2.79. The minimum absolute atomic E-state index is 0.0117. The molecule has 4 rings (SSSR count). The van der Waals surface area contributed by atoms with Gasteiger partial charge in [0.05, 0.1) is 29.5 Å². The molecule has 9 heteroatoms. The maximum absolute atomic E-state index is 12.2. The smallest absolute Gasteiger partial charge is 0.261 e. The topological polar surface area (TPSA) is 90.0 Å². The normalized spacial score (nSPS) is 11.4. The number of para-hydroxylation sites is 1. The fraction of sp³-hybridized carbons (Fsp3) is 0.150. The van der Waals surface area contributed by atoms with E-state index < -0.39 is 0 Å². The molecule has 0 atom stereocenters. The van der Waals surface area contributed by atoms with Crippen molar-refractivity contribution in [2.24, 2.45) is 5.10 Å². The molecule has 0 aliphatic rings. The number of rotatable bonds is 6. The molecule has 2 aromatic heterocycles. The average molecular weight is 408 g/mol. The molecule has 0 saturated heterocycles. The van der Waals surface area contributed by atoms with Crippen molar-refractivity contribution < 1.29 is 4.79 Å². The van der Waals surface area contributed by atoms with Crippen LogP contribution in [0.5, 0.6) is 0 Å². The van der Waals surface area contributed by atoms with Gasteiger partial charge in [-0.05, 0) is 24.6 Å². The molecule has 2 heterocycles. The number of hydrogen-bond donors (Lipinski definition) is 1. The molecule has 0 aliphatic heterocycles. The van der Waals surface area contributed by atoms with Crippen molar-refractivity contribution in [3.8, 4) is 0 Å². The molecule has 2 aromatic carbocycles. The zero-order chi connectivity index (χ0) is 20.2. The fourth-order valence-electron chi connectivity index (χ4n) is 2.95. The van der Waals surface area contributed by atoms with Gasteiger partial charge >= 0.3 is 0 Å². The summed E-state index contributed by atoms with van der Waals surface area (Å²) >= 11 is 6.45. The van der Waals surface area contributed by atoms with Crippen LogP contribution in [0.1, 0.15) is 16.8 Å². The Bertz CT molecular complexity index is 1180. The summed E-state index contributed by atoms with van der Waals surface area (Å²) in [5, 5.41) is 17.0. The number of nitrogens with zero attached hydrogens (tertiary/aromatic N) is 6. The quantitative estimate of drug-likeness (QED) is 0.393. The van der Waals surface area contributed by atoms with Crippen LogP contribution in [0.4, 0.5) is 0 Å². The first-order valence-electron chi connectivity index (χ1n) is 8.99. The van der Waals surface area contributed by atoms with Crippen molar-refractivity contribution in [3.05, 3.63) is 76.6 Å². The number of hydrazone groups is 1. The van der Waals surface area contributed by atoms with Crippen LogP contribution in [0.3, 0.4) is 0 Å². The lowest BCUT2D eigenvalue weighted by molar-refractivity contribution is -0.121. The number of hydrogen-bond acceptors (Lipinski definition) is 5. The average Bonchev–Trinajstić information content (AvgIpc) is 3.25. The van der Waals surface area contributed by atoms with Gasteiger partial charge in [0.2, 0.25) is 0 Å². The second-order valence-electron chi connectivity index (χ2n) is 6.46. The van der Waals surface area contributed by atoms with Crippen LogP contribution in [0.25, 0.3) is 11.0 Å². The van der Waals surface area contributed by atoms with E-state index in [1.54, 1.807) is 4.68 Å². The molecular weight excluding hydrogens is 390 g/mol. The number of aryl methyl sites for hydroxylation is 1. The maximum atomic E-state index is 12.2. The third-order valence-corrected chi connectivity index (χ3v) is 4.78. The van der Waals surface area contributed by atoms with E-state index in [0.29, 0.717) is 17.3 Å². The summed E-state index contributed by atoms with van der Waals surface area (Å²) in [6.45, 7) is 2.41. The highest BCUT2D eigenvalue weighted by Gasteiger charge is 2.12. The van der Waals surface area contributed by atoms with E-state index >= 15 is 0 Å². The van der Waals surface area contributed by atoms with E-state index in [2.05, 4.69) is 25.9 Å². The molecule has 0 radical (unpaired) electrons. The van der Waals surface area contributed by atoms with E-state index in [9.17, 15) is 4.79 Å². The molecule has 1 N–H and O–H groups in total. The number of aromatic nitrogens is 5. The number of nitrogens with one attached hydrogen (secondary N) is 1. The van der Waals surface area contributed by atoms with Gasteiger partial charge in [-0.3, -0.25) is 4.79 Å². The summed E-state index contributed by atoms with van der Waals surface area (Å²) in [6, 6.07) is 17.4. The van der Waals surface area contributed by atoms with Gasteiger partial charge in [0.1, 0.15) is 17.2 Å². The Morgan fingerprint density at radius 1 is 1.14 bits per heavy atom. The van der Waals surface area contributed by atoms with Gasteiger partial charge in [0.25, 0.3) is 5.91 Å². The molecule has 0 saturated carbocycles. The zero-order valence-corrected chi connectivity index (χ0v) is 16.4. The zero-order valence-electron chi connectivity index (χ0n) is 15.7. The van der Waals surface area contributed by atoms with Crippen molar-refractivity contribution in [1.29, 1.82) is 0 Å². The molecule has 0 aliphatic carbocycles. The molecule has 0 fully saturated rings. The Balaban J connectivity index is 1.42. The molecule has 0 bridgehead atoms. The number of carbonyl (C=O) groups is 1. The highest BCUT2D eigenvalue weighted by molar-refractivity contribution is 6.32. The Hall–Kier alpha value is -3.52. The van der Waals surface area contributed by atoms with E-state index in [-0.39, 0.29) is 12.5 Å². The van der Waals surface area contributed by atoms with Crippen LogP contribution in [-0.4, -0.2) is 36.9 Å². The van der Waals surface area contributed by atoms with Gasteiger partial charge in [-0.25, -0.2) is 14.8 Å². The van der Waals surface area contributed by atoms with Gasteiger partial charge < -0.3 is 0 Å². The number of halogens is 1. The van der Waals surface area contributed by atoms with Crippen LogP contribution < -0.4 is 5.43 Å². The molecule has 0 spiro atoms. The van der Waals surface area contributed by atoms with Gasteiger partial charge in [-0.1, -0.05) is 59.3 Å². The first-order valence-corrected chi connectivity index (χ1v) is 9.36. The van der Waals surface area contributed by atoms with E-state index in [1.807, 2.05) is 61.5 Å². The maximum Gasteiger partial charge on any atom is 0.261 e. The number of carbonyl (C=O) groups excluding carboxylic acids is 1. The Morgan fingerprint density at radius 3 is 2.72 bits per heavy atom. The van der Waals surface area contributed by atoms with Crippen LogP contribution in [0, 0.1) is 6.92 Å². The largest absolute Gasteiger partial charge is 0.271 e. The summed E-state index contributed by atoms with van der Waals surface area (Å²) in [4.78, 5) is 12.2. The molecule has 0 unspecified atom stereocenters. The number of amides is 1. The molecule has 29 heavy (non-hydrogen) atoms. The van der Waals surface area contributed by atoms with Gasteiger partial charge in [0, 0.05) is 0 Å². The second kappa shape index (κ2) is 8.24. The second-order valence-corrected chi connectivity index (χ2v) is 6.82. The van der Waals surface area contributed by atoms with E-state index in [1.165, 1.54) is 10.9 Å². The number of benzene rings is 2. The van der Waals surface area contributed by atoms with E-state index in [4.69, 9.17) is 11.6 Å². The molecule has 8 nitrogen and oxygen atoms in total. The summed E-state index contributed by atoms with van der Waals surface area (Å²) in [7, 11) is 0. The first kappa shape index (κ1) is 18.8. The van der Waals surface area contributed by atoms with Gasteiger partial charge in [0.15, 0.2) is 0 Å². The molecule has 146 valence electrons. The minimum atomic E-state index is -0.317. The first-order chi connectivity index (χ1) is 14.1. The summed E-state index contributed by atoms with van der Waals surface area (Å²) < 4.78 is 3.23. The Labute approximate surface area is 171 Å². The minimum Gasteiger partial charge on any atom is -0.271 e. The Morgan fingerprint density at radius 2 is 1.90 bits per heavy atom. The molecular formula is C20H18ClN7O. The van der Waals surface area contributed by atoms with Crippen molar-refractivity contribution in [2.75, 3.05) is 0 Å². The highest BCUT2D eigenvalue weighted by atomic mass is 35.5. The highest BCUT2D eigenvalue weighted by Crippen LogP contribution is 2.19. The van der Waals surface area contributed by atoms with Crippen molar-refractivity contribution in [3.63, 3.8) is 0 Å². The van der Waals surface area contributed by atoms with Crippen molar-refractivity contribution >= 4 is 34.8 Å². The van der Waals surface area contributed by atoms with Crippen molar-refractivity contribution in [2.45, 2.75) is 20.0 Å². The standard InChI is InChI=1S/C20H18ClN7O/c1-14-16(20(21)28(25-14)12-15-7-3-2-4-8-15)11-22-24-19(29)13-27-18-10-6-5-9-17(18)23-26-27/h2-11H,12-13H2,1H3,(H,24,29)/b22-11-. The Kier molecular flexibility index (Phi) is 5.35. The third-order valence-electron chi connectivity index (χ3n) is 4.38. The van der Waals surface area contributed by atoms with E-state index in [0.717, 1.165) is 22.3 Å². The monoisotopic (exact) mass is 407 g/mol. The lowest BCUT2D eigenvalue weighted by Gasteiger charge is -2.03. The lowest BCUT2D eigenvalue weighted by Crippen LogP contribution is -2.23.